The van der Waals surface area contributed by atoms with Crippen molar-refractivity contribution >= 4 is 0 Å². The minimum Gasteiger partial charge on any atom is -0.393 e. The van der Waals surface area contributed by atoms with Crippen LogP contribution in [0.25, 0.3) is 0 Å². The largest absolute Gasteiger partial charge is 0.393 e. The second-order valence-corrected chi connectivity index (χ2v) is 3.82. The van der Waals surface area contributed by atoms with Gasteiger partial charge in [-0.15, -0.1) is 0 Å². The van der Waals surface area contributed by atoms with Gasteiger partial charge in [0, 0.05) is 0 Å². The number of aliphatic hydroxyl groups is 1. The molecule has 10 heavy (non-hydrogen) atoms. The summed E-state index contributed by atoms with van der Waals surface area (Å²) in [7, 11) is 0. The highest BCUT2D eigenvalue weighted by Crippen LogP contribution is 2.15. The number of rotatable bonds is 4. The Morgan fingerprint density at radius 2 is 1.50 bits per heavy atom. The van der Waals surface area contributed by atoms with E-state index in [9.17, 15) is 0 Å². The van der Waals surface area contributed by atoms with Crippen molar-refractivity contribution < 1.29 is 5.11 Å². The summed E-state index contributed by atoms with van der Waals surface area (Å²) in [5.41, 5.74) is 0. The van der Waals surface area contributed by atoms with E-state index in [0.717, 1.165) is 12.3 Å². The third kappa shape index (κ3) is 6.09. The van der Waals surface area contributed by atoms with Crippen LogP contribution in [-0.4, -0.2) is 11.2 Å². The molecule has 1 heteroatoms. The molecule has 0 aliphatic rings. The van der Waals surface area contributed by atoms with Gasteiger partial charge in [0.2, 0.25) is 0 Å². The molecule has 0 rings (SSSR count). The van der Waals surface area contributed by atoms with Crippen molar-refractivity contribution in [2.24, 2.45) is 11.8 Å². The second kappa shape index (κ2) is 4.73. The number of hydrogen-bond donors (Lipinski definition) is 1. The molecule has 0 aromatic carbocycles. The molecule has 0 aromatic rings. The number of hydrogen-bond acceptors (Lipinski definition) is 1. The van der Waals surface area contributed by atoms with Gasteiger partial charge in [0.05, 0.1) is 6.10 Å². The molecule has 0 aromatic heterocycles. The van der Waals surface area contributed by atoms with Crippen molar-refractivity contribution in [2.75, 3.05) is 0 Å². The minimum absolute atomic E-state index is 0.131. The lowest BCUT2D eigenvalue weighted by Gasteiger charge is -2.14. The van der Waals surface area contributed by atoms with Crippen LogP contribution >= 0.6 is 0 Å². The van der Waals surface area contributed by atoms with Crippen molar-refractivity contribution in [1.29, 1.82) is 0 Å². The van der Waals surface area contributed by atoms with Crippen LogP contribution in [0.15, 0.2) is 0 Å². The average Bonchev–Trinajstić information content (AvgIpc) is 1.58. The lowest BCUT2D eigenvalue weighted by Crippen LogP contribution is -2.08. The molecule has 0 saturated carbocycles. The Labute approximate surface area is 64.5 Å². The van der Waals surface area contributed by atoms with Crippen LogP contribution < -0.4 is 0 Å². The molecule has 1 unspecified atom stereocenters. The summed E-state index contributed by atoms with van der Waals surface area (Å²) >= 11 is 0. The predicted molar refractivity (Wildman–Crippen MR) is 44.9 cm³/mol. The van der Waals surface area contributed by atoms with E-state index in [1.807, 2.05) is 6.92 Å². The molecule has 1 nitrogen and oxygen atoms in total. The zero-order chi connectivity index (χ0) is 8.15. The van der Waals surface area contributed by atoms with Crippen LogP contribution in [0.4, 0.5) is 0 Å². The maximum absolute atomic E-state index is 9.04. The van der Waals surface area contributed by atoms with Crippen molar-refractivity contribution in [3.63, 3.8) is 0 Å². The summed E-state index contributed by atoms with van der Waals surface area (Å²) in [5.74, 6) is 1.42. The van der Waals surface area contributed by atoms with E-state index in [1.165, 1.54) is 6.42 Å². The first-order chi connectivity index (χ1) is 4.52. The molecular formula is C9H20O. The predicted octanol–water partition coefficient (Wildman–Crippen LogP) is 2.44. The van der Waals surface area contributed by atoms with Gasteiger partial charge in [0.25, 0.3) is 0 Å². The quantitative estimate of drug-likeness (QED) is 0.642. The van der Waals surface area contributed by atoms with E-state index in [-0.39, 0.29) is 6.10 Å². The first-order valence-corrected chi connectivity index (χ1v) is 4.20. The van der Waals surface area contributed by atoms with Crippen LogP contribution in [0.5, 0.6) is 0 Å². The fourth-order valence-corrected chi connectivity index (χ4v) is 1.48. The Morgan fingerprint density at radius 1 is 1.00 bits per heavy atom. The van der Waals surface area contributed by atoms with E-state index in [2.05, 4.69) is 20.8 Å². The Morgan fingerprint density at radius 3 is 1.80 bits per heavy atom. The fraction of sp³-hybridized carbons (Fsp3) is 1.00. The lowest BCUT2D eigenvalue weighted by atomic mass is 9.94. The van der Waals surface area contributed by atoms with E-state index >= 15 is 0 Å². The minimum atomic E-state index is -0.131. The Kier molecular flexibility index (Phi) is 4.71. The van der Waals surface area contributed by atoms with Gasteiger partial charge < -0.3 is 5.11 Å². The SMILES string of the molecule is CC(C)C[C@@H](C)CC(C)O. The van der Waals surface area contributed by atoms with Gasteiger partial charge in [-0.25, -0.2) is 0 Å². The van der Waals surface area contributed by atoms with Crippen molar-refractivity contribution in [2.45, 2.75) is 46.6 Å². The van der Waals surface area contributed by atoms with Gasteiger partial charge in [-0.2, -0.15) is 0 Å². The normalized spacial score (nSPS) is 17.4. The molecule has 0 saturated heterocycles. The van der Waals surface area contributed by atoms with Crippen LogP contribution in [0.1, 0.15) is 40.5 Å². The van der Waals surface area contributed by atoms with Gasteiger partial charge in [-0.1, -0.05) is 20.8 Å². The zero-order valence-corrected chi connectivity index (χ0v) is 7.59. The van der Waals surface area contributed by atoms with Crippen LogP contribution in [0.2, 0.25) is 0 Å². The molecule has 0 bridgehead atoms. The van der Waals surface area contributed by atoms with E-state index in [1.54, 1.807) is 0 Å². The summed E-state index contributed by atoms with van der Waals surface area (Å²) in [4.78, 5) is 0. The summed E-state index contributed by atoms with van der Waals surface area (Å²) < 4.78 is 0. The van der Waals surface area contributed by atoms with Gasteiger partial charge in [0.15, 0.2) is 0 Å². The van der Waals surface area contributed by atoms with Crippen LogP contribution in [0.3, 0.4) is 0 Å². The van der Waals surface area contributed by atoms with Gasteiger partial charge in [-0.3, -0.25) is 0 Å². The number of aliphatic hydroxyl groups excluding tert-OH is 1. The molecule has 0 spiro atoms. The first-order valence-electron chi connectivity index (χ1n) is 4.20. The van der Waals surface area contributed by atoms with Gasteiger partial charge in [-0.05, 0) is 31.6 Å². The molecule has 2 atom stereocenters. The summed E-state index contributed by atoms with van der Waals surface area (Å²) in [6.45, 7) is 8.50. The summed E-state index contributed by atoms with van der Waals surface area (Å²) in [6, 6.07) is 0. The Balaban J connectivity index is 3.34. The Bertz CT molecular complexity index is 66.8. The van der Waals surface area contributed by atoms with Crippen LogP contribution in [-0.2, 0) is 0 Å². The smallest absolute Gasteiger partial charge is 0.0514 e. The maximum atomic E-state index is 9.04. The molecule has 0 heterocycles. The summed E-state index contributed by atoms with van der Waals surface area (Å²) in [5, 5.41) is 9.04. The molecule has 62 valence electrons. The molecule has 0 amide bonds. The maximum Gasteiger partial charge on any atom is 0.0514 e. The second-order valence-electron chi connectivity index (χ2n) is 3.82. The van der Waals surface area contributed by atoms with Gasteiger partial charge >= 0.3 is 0 Å². The van der Waals surface area contributed by atoms with Crippen LogP contribution in [0, 0.1) is 11.8 Å². The third-order valence-corrected chi connectivity index (χ3v) is 1.62. The molecular weight excluding hydrogens is 124 g/mol. The highest BCUT2D eigenvalue weighted by atomic mass is 16.3. The molecule has 0 aliphatic carbocycles. The highest BCUT2D eigenvalue weighted by Gasteiger charge is 2.07. The molecule has 0 radical (unpaired) electrons. The molecule has 0 fully saturated rings. The summed E-state index contributed by atoms with van der Waals surface area (Å²) in [6.07, 6.45) is 2.04. The zero-order valence-electron chi connectivity index (χ0n) is 7.59. The topological polar surface area (TPSA) is 20.2 Å². The third-order valence-electron chi connectivity index (χ3n) is 1.62. The van der Waals surface area contributed by atoms with E-state index < -0.39 is 0 Å². The monoisotopic (exact) mass is 144 g/mol. The molecule has 0 aliphatic heterocycles. The van der Waals surface area contributed by atoms with Gasteiger partial charge in [0.1, 0.15) is 0 Å². The van der Waals surface area contributed by atoms with Crippen molar-refractivity contribution in [3.8, 4) is 0 Å². The first kappa shape index (κ1) is 9.96. The fourth-order valence-electron chi connectivity index (χ4n) is 1.48. The van der Waals surface area contributed by atoms with Crippen molar-refractivity contribution in [3.05, 3.63) is 0 Å². The standard InChI is InChI=1S/C9H20O/c1-7(2)5-8(3)6-9(4)10/h7-10H,5-6H2,1-4H3/t8-,9?/m1/s1. The van der Waals surface area contributed by atoms with E-state index in [4.69, 9.17) is 5.11 Å². The highest BCUT2D eigenvalue weighted by molar-refractivity contribution is 4.59. The van der Waals surface area contributed by atoms with Crippen molar-refractivity contribution in [1.82, 2.24) is 0 Å². The molecule has 1 N–H and O–H groups in total. The Hall–Kier alpha value is -0.0400. The van der Waals surface area contributed by atoms with E-state index in [0.29, 0.717) is 5.92 Å². The lowest BCUT2D eigenvalue weighted by molar-refractivity contribution is 0.158. The average molecular weight is 144 g/mol.